The summed E-state index contributed by atoms with van der Waals surface area (Å²) in [6.45, 7) is 9.81. The second kappa shape index (κ2) is 5.53. The molecule has 1 saturated carbocycles. The first kappa shape index (κ1) is 12.5. The summed E-state index contributed by atoms with van der Waals surface area (Å²) < 4.78 is 0. The Morgan fingerprint density at radius 2 is 1.73 bits per heavy atom. The molecular formula is C13H26N2. The first-order valence-corrected chi connectivity index (χ1v) is 6.37. The average molecular weight is 210 g/mol. The summed E-state index contributed by atoms with van der Waals surface area (Å²) in [7, 11) is 0. The second-order valence-electron chi connectivity index (χ2n) is 5.52. The lowest BCUT2D eigenvalue weighted by Gasteiger charge is -2.34. The number of hydrogen-bond donors (Lipinski definition) is 1. The standard InChI is InChI=1S/C13H26N2/c1-10(2)9-15(13(14)11(3)4)12-7-5-6-8-12/h10-12,14H,5-9H2,1-4H3. The summed E-state index contributed by atoms with van der Waals surface area (Å²) in [4.78, 5) is 2.36. The number of rotatable bonds is 4. The van der Waals surface area contributed by atoms with Crippen molar-refractivity contribution in [1.82, 2.24) is 4.90 Å². The van der Waals surface area contributed by atoms with E-state index in [1.165, 1.54) is 25.7 Å². The van der Waals surface area contributed by atoms with Gasteiger partial charge in [-0.05, 0) is 18.8 Å². The Balaban J connectivity index is 2.63. The van der Waals surface area contributed by atoms with E-state index < -0.39 is 0 Å². The van der Waals surface area contributed by atoms with Crippen molar-refractivity contribution in [3.8, 4) is 0 Å². The van der Waals surface area contributed by atoms with Gasteiger partial charge in [-0.25, -0.2) is 0 Å². The maximum atomic E-state index is 8.18. The zero-order valence-corrected chi connectivity index (χ0v) is 10.7. The molecule has 0 amide bonds. The lowest BCUT2D eigenvalue weighted by atomic mass is 10.1. The fourth-order valence-electron chi connectivity index (χ4n) is 2.39. The van der Waals surface area contributed by atoms with Gasteiger partial charge >= 0.3 is 0 Å². The summed E-state index contributed by atoms with van der Waals surface area (Å²) in [6.07, 6.45) is 5.29. The summed E-state index contributed by atoms with van der Waals surface area (Å²) in [5, 5.41) is 8.18. The van der Waals surface area contributed by atoms with Crippen molar-refractivity contribution < 1.29 is 0 Å². The van der Waals surface area contributed by atoms with Gasteiger partial charge < -0.3 is 4.90 Å². The topological polar surface area (TPSA) is 27.1 Å². The quantitative estimate of drug-likeness (QED) is 0.558. The first-order valence-electron chi connectivity index (χ1n) is 6.37. The van der Waals surface area contributed by atoms with Crippen molar-refractivity contribution in [3.63, 3.8) is 0 Å². The van der Waals surface area contributed by atoms with Crippen LogP contribution in [0.5, 0.6) is 0 Å². The van der Waals surface area contributed by atoms with E-state index in [1.807, 2.05) is 0 Å². The van der Waals surface area contributed by atoms with Gasteiger partial charge in [0.2, 0.25) is 0 Å². The summed E-state index contributed by atoms with van der Waals surface area (Å²) >= 11 is 0. The molecule has 1 aliphatic rings. The second-order valence-corrected chi connectivity index (χ2v) is 5.52. The van der Waals surface area contributed by atoms with Crippen molar-refractivity contribution in [2.45, 2.75) is 59.4 Å². The van der Waals surface area contributed by atoms with Crippen LogP contribution in [0.2, 0.25) is 0 Å². The highest BCUT2D eigenvalue weighted by atomic mass is 15.2. The van der Waals surface area contributed by atoms with Crippen LogP contribution >= 0.6 is 0 Å². The Bertz CT molecular complexity index is 203. The van der Waals surface area contributed by atoms with Crippen LogP contribution in [-0.4, -0.2) is 23.3 Å². The van der Waals surface area contributed by atoms with E-state index in [2.05, 4.69) is 32.6 Å². The van der Waals surface area contributed by atoms with E-state index in [4.69, 9.17) is 5.41 Å². The molecule has 0 saturated heterocycles. The molecule has 0 atom stereocenters. The Hall–Kier alpha value is -0.530. The molecule has 15 heavy (non-hydrogen) atoms. The average Bonchev–Trinajstić information content (AvgIpc) is 2.65. The Labute approximate surface area is 94.6 Å². The van der Waals surface area contributed by atoms with Gasteiger partial charge in [0.05, 0.1) is 5.84 Å². The zero-order chi connectivity index (χ0) is 11.4. The summed E-state index contributed by atoms with van der Waals surface area (Å²) in [6, 6.07) is 0.655. The van der Waals surface area contributed by atoms with Crippen LogP contribution in [0.4, 0.5) is 0 Å². The van der Waals surface area contributed by atoms with Crippen molar-refractivity contribution in [2.75, 3.05) is 6.54 Å². The molecule has 88 valence electrons. The number of amidine groups is 1. The van der Waals surface area contributed by atoms with Crippen molar-refractivity contribution in [2.24, 2.45) is 11.8 Å². The monoisotopic (exact) mass is 210 g/mol. The van der Waals surface area contributed by atoms with E-state index in [-0.39, 0.29) is 0 Å². The third-order valence-corrected chi connectivity index (χ3v) is 3.18. The zero-order valence-electron chi connectivity index (χ0n) is 10.7. The molecule has 2 nitrogen and oxygen atoms in total. The highest BCUT2D eigenvalue weighted by molar-refractivity contribution is 5.81. The van der Waals surface area contributed by atoms with E-state index in [9.17, 15) is 0 Å². The fraction of sp³-hybridized carbons (Fsp3) is 0.923. The van der Waals surface area contributed by atoms with Crippen molar-refractivity contribution in [3.05, 3.63) is 0 Å². The molecule has 0 radical (unpaired) electrons. The minimum atomic E-state index is 0.365. The van der Waals surface area contributed by atoms with Crippen LogP contribution in [0.1, 0.15) is 53.4 Å². The normalized spacial score (nSPS) is 17.7. The van der Waals surface area contributed by atoms with Crippen LogP contribution in [0.15, 0.2) is 0 Å². The molecule has 0 spiro atoms. The minimum absolute atomic E-state index is 0.365. The fourth-order valence-corrected chi connectivity index (χ4v) is 2.39. The molecule has 0 heterocycles. The van der Waals surface area contributed by atoms with Crippen molar-refractivity contribution >= 4 is 5.84 Å². The van der Waals surface area contributed by atoms with E-state index in [0.29, 0.717) is 17.9 Å². The van der Waals surface area contributed by atoms with Gasteiger partial charge in [0.1, 0.15) is 0 Å². The molecule has 0 bridgehead atoms. The summed E-state index contributed by atoms with van der Waals surface area (Å²) in [5.74, 6) is 1.87. The van der Waals surface area contributed by atoms with Gasteiger partial charge in [-0.15, -0.1) is 0 Å². The number of nitrogens with one attached hydrogen (secondary N) is 1. The lowest BCUT2D eigenvalue weighted by molar-refractivity contribution is 0.270. The maximum Gasteiger partial charge on any atom is 0.0986 e. The van der Waals surface area contributed by atoms with Crippen LogP contribution in [0.3, 0.4) is 0 Å². The third-order valence-electron chi connectivity index (χ3n) is 3.18. The number of hydrogen-bond acceptors (Lipinski definition) is 1. The Morgan fingerprint density at radius 1 is 1.20 bits per heavy atom. The first-order chi connectivity index (χ1) is 7.02. The van der Waals surface area contributed by atoms with E-state index in [1.54, 1.807) is 0 Å². The van der Waals surface area contributed by atoms with Gasteiger partial charge in [-0.2, -0.15) is 0 Å². The SMILES string of the molecule is CC(C)CN(C(=N)C(C)C)C1CCCC1. The Morgan fingerprint density at radius 3 is 2.13 bits per heavy atom. The minimum Gasteiger partial charge on any atom is -0.357 e. The van der Waals surface area contributed by atoms with Gasteiger partial charge in [0.15, 0.2) is 0 Å². The maximum absolute atomic E-state index is 8.18. The van der Waals surface area contributed by atoms with Gasteiger partial charge in [0.25, 0.3) is 0 Å². The van der Waals surface area contributed by atoms with Crippen LogP contribution < -0.4 is 0 Å². The molecule has 0 aromatic rings. The molecule has 1 fully saturated rings. The molecule has 0 aromatic carbocycles. The highest BCUT2D eigenvalue weighted by Gasteiger charge is 2.26. The molecular weight excluding hydrogens is 184 g/mol. The molecule has 1 N–H and O–H groups in total. The molecule has 1 aliphatic carbocycles. The molecule has 0 aliphatic heterocycles. The molecule has 0 unspecified atom stereocenters. The predicted molar refractivity (Wildman–Crippen MR) is 66.4 cm³/mol. The largest absolute Gasteiger partial charge is 0.357 e. The van der Waals surface area contributed by atoms with E-state index >= 15 is 0 Å². The smallest absolute Gasteiger partial charge is 0.0986 e. The Kier molecular flexibility index (Phi) is 4.62. The van der Waals surface area contributed by atoms with Crippen molar-refractivity contribution in [1.29, 1.82) is 5.41 Å². The van der Waals surface area contributed by atoms with Gasteiger partial charge in [-0.1, -0.05) is 40.5 Å². The van der Waals surface area contributed by atoms with Gasteiger partial charge in [0, 0.05) is 18.5 Å². The van der Waals surface area contributed by atoms with E-state index in [0.717, 1.165) is 12.4 Å². The van der Waals surface area contributed by atoms with Gasteiger partial charge in [-0.3, -0.25) is 5.41 Å². The highest BCUT2D eigenvalue weighted by Crippen LogP contribution is 2.25. The molecule has 2 heteroatoms. The summed E-state index contributed by atoms with van der Waals surface area (Å²) in [5.41, 5.74) is 0. The molecule has 0 aromatic heterocycles. The molecule has 1 rings (SSSR count). The van der Waals surface area contributed by atoms with Crippen LogP contribution in [-0.2, 0) is 0 Å². The predicted octanol–water partition coefficient (Wildman–Crippen LogP) is 3.52. The van der Waals surface area contributed by atoms with Crippen LogP contribution in [0.25, 0.3) is 0 Å². The third kappa shape index (κ3) is 3.51. The lowest BCUT2D eigenvalue weighted by Crippen LogP contribution is -2.42. The number of nitrogens with zero attached hydrogens (tertiary/aromatic N) is 1. The van der Waals surface area contributed by atoms with Crippen LogP contribution in [0, 0.1) is 17.2 Å².